The van der Waals surface area contributed by atoms with Gasteiger partial charge in [-0.3, -0.25) is 0 Å². The Hall–Kier alpha value is -0.440. The highest BCUT2D eigenvalue weighted by Gasteiger charge is 2.22. The van der Waals surface area contributed by atoms with Crippen molar-refractivity contribution in [3.8, 4) is 5.75 Å². The van der Waals surface area contributed by atoms with Crippen molar-refractivity contribution in [2.45, 2.75) is 38.8 Å². The molecule has 1 aromatic rings. The molecule has 0 radical (unpaired) electrons. The second-order valence-corrected chi connectivity index (χ2v) is 5.63. The van der Waals surface area contributed by atoms with E-state index in [9.17, 15) is 5.11 Å². The molecule has 94 valence electrons. The van der Waals surface area contributed by atoms with E-state index < -0.39 is 0 Å². The quantitative estimate of drug-likeness (QED) is 0.873. The first-order valence-corrected chi connectivity index (χ1v) is 6.74. The predicted octanol–water partition coefficient (Wildman–Crippen LogP) is 3.98. The van der Waals surface area contributed by atoms with Crippen LogP contribution >= 0.6 is 23.2 Å². The van der Waals surface area contributed by atoms with Crippen LogP contribution in [0.2, 0.25) is 10.0 Å². The van der Waals surface area contributed by atoms with E-state index in [1.54, 1.807) is 12.1 Å². The van der Waals surface area contributed by atoms with Crippen molar-refractivity contribution in [1.82, 2.24) is 5.32 Å². The summed E-state index contributed by atoms with van der Waals surface area (Å²) in [4.78, 5) is 0. The molecule has 0 heterocycles. The van der Waals surface area contributed by atoms with Gasteiger partial charge >= 0.3 is 0 Å². The van der Waals surface area contributed by atoms with Crippen LogP contribution in [0.3, 0.4) is 0 Å². The first-order valence-electron chi connectivity index (χ1n) is 5.98. The topological polar surface area (TPSA) is 32.3 Å². The maximum absolute atomic E-state index is 9.83. The van der Waals surface area contributed by atoms with E-state index >= 15 is 0 Å². The SMILES string of the molecule is CC1CCCC1NCc1cc(Cl)cc(Cl)c1O. The second kappa shape index (κ2) is 5.47. The number of nitrogens with one attached hydrogen (secondary N) is 1. The van der Waals surface area contributed by atoms with Crippen LogP contribution in [-0.2, 0) is 6.54 Å². The first-order chi connectivity index (χ1) is 8.08. The molecule has 0 aliphatic heterocycles. The van der Waals surface area contributed by atoms with Crippen LogP contribution in [0, 0.1) is 5.92 Å². The second-order valence-electron chi connectivity index (χ2n) is 4.79. The van der Waals surface area contributed by atoms with Crippen molar-refractivity contribution in [2.75, 3.05) is 0 Å². The van der Waals surface area contributed by atoms with Gasteiger partial charge in [0.05, 0.1) is 5.02 Å². The fourth-order valence-corrected chi connectivity index (χ4v) is 2.98. The zero-order chi connectivity index (χ0) is 12.4. The van der Waals surface area contributed by atoms with Crippen LogP contribution in [0.5, 0.6) is 5.75 Å². The van der Waals surface area contributed by atoms with Crippen molar-refractivity contribution < 1.29 is 5.11 Å². The summed E-state index contributed by atoms with van der Waals surface area (Å²) in [7, 11) is 0. The molecule has 1 fully saturated rings. The van der Waals surface area contributed by atoms with Gasteiger partial charge in [0.25, 0.3) is 0 Å². The van der Waals surface area contributed by atoms with Gasteiger partial charge in [0, 0.05) is 23.2 Å². The Balaban J connectivity index is 2.03. The monoisotopic (exact) mass is 273 g/mol. The van der Waals surface area contributed by atoms with Gasteiger partial charge in [-0.05, 0) is 30.9 Å². The van der Waals surface area contributed by atoms with Gasteiger partial charge in [0.1, 0.15) is 5.75 Å². The largest absolute Gasteiger partial charge is 0.506 e. The molecule has 0 saturated heterocycles. The van der Waals surface area contributed by atoms with Crippen LogP contribution in [0.25, 0.3) is 0 Å². The van der Waals surface area contributed by atoms with Gasteiger partial charge in [-0.15, -0.1) is 0 Å². The van der Waals surface area contributed by atoms with Gasteiger partial charge in [0.15, 0.2) is 0 Å². The highest BCUT2D eigenvalue weighted by Crippen LogP contribution is 2.32. The van der Waals surface area contributed by atoms with Crippen molar-refractivity contribution in [3.05, 3.63) is 27.7 Å². The summed E-state index contributed by atoms with van der Waals surface area (Å²) in [5.74, 6) is 0.834. The minimum atomic E-state index is 0.134. The van der Waals surface area contributed by atoms with Crippen molar-refractivity contribution in [2.24, 2.45) is 5.92 Å². The summed E-state index contributed by atoms with van der Waals surface area (Å²) < 4.78 is 0. The Bertz CT molecular complexity index is 409. The first kappa shape index (κ1) is 13.0. The molecule has 1 saturated carbocycles. The van der Waals surface area contributed by atoms with Crippen LogP contribution < -0.4 is 5.32 Å². The molecule has 1 aliphatic rings. The third-order valence-corrected chi connectivity index (χ3v) is 4.03. The summed E-state index contributed by atoms with van der Waals surface area (Å²) in [5.41, 5.74) is 0.765. The van der Waals surface area contributed by atoms with Gasteiger partial charge < -0.3 is 10.4 Å². The molecular weight excluding hydrogens is 257 g/mol. The molecule has 2 atom stereocenters. The lowest BCUT2D eigenvalue weighted by Crippen LogP contribution is -2.30. The van der Waals surface area contributed by atoms with E-state index in [2.05, 4.69) is 12.2 Å². The Morgan fingerprint density at radius 3 is 2.76 bits per heavy atom. The standard InChI is InChI=1S/C13H17Cl2NO/c1-8-3-2-4-12(8)16-7-9-5-10(14)6-11(15)13(9)17/h5-6,8,12,16-17H,2-4,7H2,1H3. The Labute approximate surface area is 112 Å². The molecule has 0 aromatic heterocycles. The van der Waals surface area contributed by atoms with Gasteiger partial charge in [-0.2, -0.15) is 0 Å². The van der Waals surface area contributed by atoms with E-state index in [0.717, 1.165) is 5.56 Å². The summed E-state index contributed by atoms with van der Waals surface area (Å²) in [6.45, 7) is 2.87. The summed E-state index contributed by atoms with van der Waals surface area (Å²) in [6.07, 6.45) is 3.76. The maximum Gasteiger partial charge on any atom is 0.138 e. The van der Waals surface area contributed by atoms with Crippen LogP contribution in [-0.4, -0.2) is 11.1 Å². The fraction of sp³-hybridized carbons (Fsp3) is 0.538. The number of rotatable bonds is 3. The lowest BCUT2D eigenvalue weighted by atomic mass is 10.1. The lowest BCUT2D eigenvalue weighted by Gasteiger charge is -2.18. The fourth-order valence-electron chi connectivity index (χ4n) is 2.44. The predicted molar refractivity (Wildman–Crippen MR) is 71.8 cm³/mol. The zero-order valence-electron chi connectivity index (χ0n) is 9.84. The van der Waals surface area contributed by atoms with Crippen molar-refractivity contribution in [3.63, 3.8) is 0 Å². The van der Waals surface area contributed by atoms with Crippen molar-refractivity contribution >= 4 is 23.2 Å². The Morgan fingerprint density at radius 1 is 1.35 bits per heavy atom. The molecule has 2 nitrogen and oxygen atoms in total. The molecular formula is C13H17Cl2NO. The van der Waals surface area contributed by atoms with E-state index in [1.807, 2.05) is 0 Å². The molecule has 1 aliphatic carbocycles. The number of phenols is 1. The number of halogens is 2. The van der Waals surface area contributed by atoms with E-state index in [-0.39, 0.29) is 5.75 Å². The average molecular weight is 274 g/mol. The molecule has 4 heteroatoms. The van der Waals surface area contributed by atoms with Gasteiger partial charge in [0.2, 0.25) is 0 Å². The zero-order valence-corrected chi connectivity index (χ0v) is 11.4. The molecule has 0 amide bonds. The van der Waals surface area contributed by atoms with Gasteiger partial charge in [-0.25, -0.2) is 0 Å². The summed E-state index contributed by atoms with van der Waals surface area (Å²) in [5, 5.41) is 14.2. The minimum Gasteiger partial charge on any atom is -0.506 e. The van der Waals surface area contributed by atoms with Crippen LogP contribution in [0.4, 0.5) is 0 Å². The maximum atomic E-state index is 9.83. The Kier molecular flexibility index (Phi) is 4.18. The minimum absolute atomic E-state index is 0.134. The Morgan fingerprint density at radius 2 is 2.12 bits per heavy atom. The highest BCUT2D eigenvalue weighted by molar-refractivity contribution is 6.35. The molecule has 2 N–H and O–H groups in total. The molecule has 0 spiro atoms. The smallest absolute Gasteiger partial charge is 0.138 e. The van der Waals surface area contributed by atoms with Crippen LogP contribution in [0.1, 0.15) is 31.7 Å². The lowest BCUT2D eigenvalue weighted by molar-refractivity contribution is 0.415. The number of hydrogen-bond donors (Lipinski definition) is 2. The number of phenolic OH excluding ortho intramolecular Hbond substituents is 1. The molecule has 1 aromatic carbocycles. The van der Waals surface area contributed by atoms with E-state index in [1.165, 1.54) is 19.3 Å². The van der Waals surface area contributed by atoms with E-state index in [4.69, 9.17) is 23.2 Å². The number of benzene rings is 1. The van der Waals surface area contributed by atoms with Gasteiger partial charge in [-0.1, -0.05) is 36.5 Å². The van der Waals surface area contributed by atoms with Crippen molar-refractivity contribution in [1.29, 1.82) is 0 Å². The molecule has 2 rings (SSSR count). The molecule has 17 heavy (non-hydrogen) atoms. The third kappa shape index (κ3) is 3.06. The van der Waals surface area contributed by atoms with Crippen LogP contribution in [0.15, 0.2) is 12.1 Å². The normalized spacial score (nSPS) is 24.2. The molecule has 2 unspecified atom stereocenters. The summed E-state index contributed by atoms with van der Waals surface area (Å²) in [6, 6.07) is 3.85. The highest BCUT2D eigenvalue weighted by atomic mass is 35.5. The summed E-state index contributed by atoms with van der Waals surface area (Å²) >= 11 is 11.8. The molecule has 0 bridgehead atoms. The van der Waals surface area contributed by atoms with E-state index in [0.29, 0.717) is 28.5 Å². The number of hydrogen-bond acceptors (Lipinski definition) is 2. The number of aromatic hydroxyl groups is 1. The third-order valence-electron chi connectivity index (χ3n) is 3.52. The average Bonchev–Trinajstić information content (AvgIpc) is 2.67.